The second-order valence-electron chi connectivity index (χ2n) is 7.23. The van der Waals surface area contributed by atoms with E-state index in [2.05, 4.69) is 28.8 Å². The van der Waals surface area contributed by atoms with Crippen molar-refractivity contribution in [2.24, 2.45) is 5.92 Å². The van der Waals surface area contributed by atoms with E-state index in [1.54, 1.807) is 16.3 Å². The average Bonchev–Trinajstić information content (AvgIpc) is 3.18. The standard InChI is InChI=1S/C18H25N5O5S/c1-9(2)5-29-6-12-14(26-10(3)24)15(27-11(4)25)18(28-12)23-8-22-13-16(19)20-7-21-17(13)23/h7-9,12,14-15,18H,5-6H2,1-4H3,(H2,19,20,21). The van der Waals surface area contributed by atoms with Crippen molar-refractivity contribution in [3.05, 3.63) is 12.7 Å². The fourth-order valence-corrected chi connectivity index (χ4v) is 4.30. The second kappa shape index (κ2) is 8.95. The number of carbonyl (C=O) groups excluding carboxylic acids is 2. The van der Waals surface area contributed by atoms with Crippen LogP contribution in [0.3, 0.4) is 0 Å². The first-order chi connectivity index (χ1) is 13.8. The summed E-state index contributed by atoms with van der Waals surface area (Å²) in [6.07, 6.45) is -0.00980. The maximum Gasteiger partial charge on any atom is 0.303 e. The molecular weight excluding hydrogens is 398 g/mol. The molecule has 2 N–H and O–H groups in total. The molecule has 11 heteroatoms. The van der Waals surface area contributed by atoms with Gasteiger partial charge in [-0.15, -0.1) is 0 Å². The molecule has 0 spiro atoms. The third-order valence-electron chi connectivity index (χ3n) is 4.28. The Labute approximate surface area is 172 Å². The first-order valence-corrected chi connectivity index (χ1v) is 10.4. The van der Waals surface area contributed by atoms with Gasteiger partial charge in [-0.2, -0.15) is 11.8 Å². The molecule has 158 valence electrons. The smallest absolute Gasteiger partial charge is 0.303 e. The van der Waals surface area contributed by atoms with E-state index in [0.717, 1.165) is 5.75 Å². The number of anilines is 1. The van der Waals surface area contributed by atoms with Gasteiger partial charge >= 0.3 is 11.9 Å². The lowest BCUT2D eigenvalue weighted by atomic mass is 10.1. The molecule has 0 aromatic carbocycles. The zero-order valence-corrected chi connectivity index (χ0v) is 17.6. The van der Waals surface area contributed by atoms with Crippen molar-refractivity contribution >= 4 is 40.7 Å². The number of rotatable bonds is 7. The van der Waals surface area contributed by atoms with Crippen molar-refractivity contribution < 1.29 is 23.8 Å². The van der Waals surface area contributed by atoms with Gasteiger partial charge in [0.15, 0.2) is 29.9 Å². The largest absolute Gasteiger partial charge is 0.456 e. The SMILES string of the molecule is CC(=O)OC1C(CSCC(C)C)OC(n2cnc3c(N)ncnc32)C1OC(C)=O. The van der Waals surface area contributed by atoms with E-state index in [1.165, 1.54) is 26.5 Å². The third-order valence-corrected chi connectivity index (χ3v) is 5.75. The molecule has 3 rings (SSSR count). The summed E-state index contributed by atoms with van der Waals surface area (Å²) in [5, 5.41) is 0. The molecule has 1 aliphatic rings. The van der Waals surface area contributed by atoms with Crippen molar-refractivity contribution in [3.8, 4) is 0 Å². The molecule has 29 heavy (non-hydrogen) atoms. The van der Waals surface area contributed by atoms with Crippen molar-refractivity contribution in [3.63, 3.8) is 0 Å². The molecule has 1 fully saturated rings. The number of ether oxygens (including phenoxy) is 3. The first kappa shape index (κ1) is 21.3. The molecule has 0 aliphatic carbocycles. The summed E-state index contributed by atoms with van der Waals surface area (Å²) in [5.41, 5.74) is 6.73. The minimum absolute atomic E-state index is 0.233. The van der Waals surface area contributed by atoms with Crippen LogP contribution in [0.15, 0.2) is 12.7 Å². The van der Waals surface area contributed by atoms with E-state index >= 15 is 0 Å². The van der Waals surface area contributed by atoms with Gasteiger partial charge in [-0.25, -0.2) is 15.0 Å². The fourth-order valence-electron chi connectivity index (χ4n) is 3.19. The first-order valence-electron chi connectivity index (χ1n) is 9.28. The number of hydrogen-bond acceptors (Lipinski definition) is 10. The summed E-state index contributed by atoms with van der Waals surface area (Å²) >= 11 is 1.69. The van der Waals surface area contributed by atoms with Crippen LogP contribution in [0.5, 0.6) is 0 Å². The summed E-state index contributed by atoms with van der Waals surface area (Å²) in [6.45, 7) is 6.86. The molecule has 4 atom stereocenters. The molecule has 3 heterocycles. The zero-order valence-electron chi connectivity index (χ0n) is 16.8. The minimum Gasteiger partial charge on any atom is -0.456 e. The Morgan fingerprint density at radius 1 is 1.21 bits per heavy atom. The minimum atomic E-state index is -0.852. The van der Waals surface area contributed by atoms with Crippen LogP contribution >= 0.6 is 11.8 Å². The highest BCUT2D eigenvalue weighted by Crippen LogP contribution is 2.37. The Morgan fingerprint density at radius 2 is 1.90 bits per heavy atom. The summed E-state index contributed by atoms with van der Waals surface area (Å²) in [6, 6.07) is 0. The zero-order chi connectivity index (χ0) is 21.1. The van der Waals surface area contributed by atoms with Crippen molar-refractivity contribution in [2.75, 3.05) is 17.2 Å². The number of nitrogens with zero attached hydrogens (tertiary/aromatic N) is 4. The highest BCUT2D eigenvalue weighted by Gasteiger charge is 2.50. The number of hydrogen-bond donors (Lipinski definition) is 1. The Kier molecular flexibility index (Phi) is 6.58. The van der Waals surface area contributed by atoms with E-state index in [-0.39, 0.29) is 5.82 Å². The lowest BCUT2D eigenvalue weighted by Crippen LogP contribution is -2.39. The summed E-state index contributed by atoms with van der Waals surface area (Å²) in [7, 11) is 0. The van der Waals surface area contributed by atoms with Crippen LogP contribution in [0.2, 0.25) is 0 Å². The van der Waals surface area contributed by atoms with Crippen LogP contribution in [0, 0.1) is 5.92 Å². The van der Waals surface area contributed by atoms with Gasteiger partial charge in [-0.1, -0.05) is 13.8 Å². The molecule has 4 unspecified atom stereocenters. The maximum atomic E-state index is 11.8. The van der Waals surface area contributed by atoms with E-state index in [0.29, 0.717) is 22.8 Å². The lowest BCUT2D eigenvalue weighted by Gasteiger charge is -2.23. The van der Waals surface area contributed by atoms with Crippen LogP contribution in [0.25, 0.3) is 11.2 Å². The number of imidazole rings is 1. The highest BCUT2D eigenvalue weighted by molar-refractivity contribution is 7.99. The monoisotopic (exact) mass is 423 g/mol. The molecule has 0 amide bonds. The van der Waals surface area contributed by atoms with Crippen LogP contribution in [0.4, 0.5) is 5.82 Å². The molecule has 10 nitrogen and oxygen atoms in total. The van der Waals surface area contributed by atoms with E-state index in [9.17, 15) is 9.59 Å². The Hall–Kier alpha value is -2.40. The van der Waals surface area contributed by atoms with Gasteiger partial charge in [0.1, 0.15) is 17.9 Å². The van der Waals surface area contributed by atoms with Gasteiger partial charge < -0.3 is 19.9 Å². The summed E-state index contributed by atoms with van der Waals surface area (Å²) in [5.74, 6) is 1.26. The third kappa shape index (κ3) is 4.78. The van der Waals surface area contributed by atoms with Crippen LogP contribution in [-0.2, 0) is 23.8 Å². The predicted octanol–water partition coefficient (Wildman–Crippen LogP) is 1.56. The van der Waals surface area contributed by atoms with E-state index in [1.807, 2.05) is 0 Å². The van der Waals surface area contributed by atoms with Gasteiger partial charge in [0.05, 0.1) is 6.33 Å². The Bertz CT molecular complexity index is 889. The highest BCUT2D eigenvalue weighted by atomic mass is 32.2. The molecule has 1 saturated heterocycles. The molecule has 0 bridgehead atoms. The summed E-state index contributed by atoms with van der Waals surface area (Å²) < 4.78 is 18.9. The number of nitrogens with two attached hydrogens (primary N) is 1. The van der Waals surface area contributed by atoms with Crippen LogP contribution < -0.4 is 5.73 Å². The molecular formula is C18H25N5O5S. The number of aromatic nitrogens is 4. The predicted molar refractivity (Wildman–Crippen MR) is 107 cm³/mol. The van der Waals surface area contributed by atoms with Gasteiger partial charge in [0.2, 0.25) is 0 Å². The second-order valence-corrected chi connectivity index (χ2v) is 8.30. The molecule has 0 saturated carbocycles. The molecule has 0 radical (unpaired) electrons. The number of esters is 2. The molecule has 1 aliphatic heterocycles. The maximum absolute atomic E-state index is 11.8. The summed E-state index contributed by atoms with van der Waals surface area (Å²) in [4.78, 5) is 35.9. The normalized spacial score (nSPS) is 24.2. The number of nitrogen functional groups attached to an aromatic ring is 1. The van der Waals surface area contributed by atoms with Gasteiger partial charge in [-0.05, 0) is 11.7 Å². The average molecular weight is 423 g/mol. The van der Waals surface area contributed by atoms with E-state index in [4.69, 9.17) is 19.9 Å². The topological polar surface area (TPSA) is 131 Å². The molecule has 2 aromatic heterocycles. The van der Waals surface area contributed by atoms with Gasteiger partial charge in [0, 0.05) is 19.6 Å². The van der Waals surface area contributed by atoms with Crippen LogP contribution in [-0.4, -0.2) is 61.3 Å². The Balaban J connectivity index is 1.95. The van der Waals surface area contributed by atoms with Gasteiger partial charge in [0.25, 0.3) is 0 Å². The number of fused-ring (bicyclic) bond motifs is 1. The van der Waals surface area contributed by atoms with Crippen LogP contribution in [0.1, 0.15) is 33.9 Å². The van der Waals surface area contributed by atoms with Crippen molar-refractivity contribution in [1.82, 2.24) is 19.5 Å². The molecule has 2 aromatic rings. The van der Waals surface area contributed by atoms with Crippen molar-refractivity contribution in [1.29, 1.82) is 0 Å². The van der Waals surface area contributed by atoms with Gasteiger partial charge in [-0.3, -0.25) is 14.2 Å². The number of carbonyl (C=O) groups is 2. The quantitative estimate of drug-likeness (QED) is 0.654. The van der Waals surface area contributed by atoms with E-state index < -0.39 is 36.5 Å². The Morgan fingerprint density at radius 3 is 2.55 bits per heavy atom. The lowest BCUT2D eigenvalue weighted by molar-refractivity contribution is -0.165. The van der Waals surface area contributed by atoms with Crippen molar-refractivity contribution in [2.45, 2.75) is 52.2 Å². The number of thioether (sulfide) groups is 1. The fraction of sp³-hybridized carbons (Fsp3) is 0.611.